The molecule has 0 saturated heterocycles. The lowest BCUT2D eigenvalue weighted by Gasteiger charge is -2.24. The number of nitrogens with two attached hydrogens (primary N) is 1. The summed E-state index contributed by atoms with van der Waals surface area (Å²) < 4.78 is 0. The Bertz CT molecular complexity index is 386. The monoisotopic (exact) mass is 234 g/mol. The Morgan fingerprint density at radius 3 is 2.71 bits per heavy atom. The van der Waals surface area contributed by atoms with E-state index in [1.54, 1.807) is 24.3 Å². The van der Waals surface area contributed by atoms with Crippen molar-refractivity contribution in [3.8, 4) is 0 Å². The van der Waals surface area contributed by atoms with Crippen LogP contribution in [0.2, 0.25) is 0 Å². The molecule has 0 aliphatic heterocycles. The summed E-state index contributed by atoms with van der Waals surface area (Å²) in [6.45, 7) is 7.17. The lowest BCUT2D eigenvalue weighted by Crippen LogP contribution is -2.33. The normalized spacial score (nSPS) is 11.2. The van der Waals surface area contributed by atoms with Crippen LogP contribution in [-0.2, 0) is 0 Å². The van der Waals surface area contributed by atoms with Crippen LogP contribution < -0.4 is 11.1 Å². The molecule has 1 aromatic carbocycles. The highest BCUT2D eigenvalue weighted by Gasteiger charge is 2.17. The number of hydrogen-bond acceptors (Lipinski definition) is 2. The summed E-state index contributed by atoms with van der Waals surface area (Å²) in [5, 5.41) is 2.96. The average Bonchev–Trinajstić information content (AvgIpc) is 2.26. The van der Waals surface area contributed by atoms with E-state index >= 15 is 0 Å². The Morgan fingerprint density at radius 2 is 2.12 bits per heavy atom. The standard InChI is InChI=1S/C14H22N2O/c1-4-8-14(2,3)10-16-13(17)11-6-5-7-12(15)9-11/h5-7,9H,4,8,10,15H2,1-3H3,(H,16,17). The average molecular weight is 234 g/mol. The molecule has 3 N–H and O–H groups in total. The smallest absolute Gasteiger partial charge is 0.251 e. The molecule has 0 fully saturated rings. The lowest BCUT2D eigenvalue weighted by atomic mass is 9.88. The number of nitrogen functional groups attached to an aromatic ring is 1. The van der Waals surface area contributed by atoms with Gasteiger partial charge in [0.15, 0.2) is 0 Å². The maximum Gasteiger partial charge on any atom is 0.251 e. The topological polar surface area (TPSA) is 55.1 Å². The predicted octanol–water partition coefficient (Wildman–Crippen LogP) is 2.82. The summed E-state index contributed by atoms with van der Waals surface area (Å²) >= 11 is 0. The van der Waals surface area contributed by atoms with Crippen LogP contribution in [0.4, 0.5) is 5.69 Å². The molecule has 3 heteroatoms. The van der Waals surface area contributed by atoms with Crippen LogP contribution in [0.1, 0.15) is 44.0 Å². The molecule has 0 aromatic heterocycles. The summed E-state index contributed by atoms with van der Waals surface area (Å²) in [7, 11) is 0. The molecule has 0 aliphatic carbocycles. The van der Waals surface area contributed by atoms with Crippen molar-refractivity contribution in [3.05, 3.63) is 29.8 Å². The Hall–Kier alpha value is -1.51. The zero-order chi connectivity index (χ0) is 12.9. The number of benzene rings is 1. The van der Waals surface area contributed by atoms with Gasteiger partial charge in [0.05, 0.1) is 0 Å². The number of anilines is 1. The van der Waals surface area contributed by atoms with E-state index in [0.717, 1.165) is 12.8 Å². The molecular weight excluding hydrogens is 212 g/mol. The van der Waals surface area contributed by atoms with Crippen molar-refractivity contribution in [2.75, 3.05) is 12.3 Å². The zero-order valence-electron chi connectivity index (χ0n) is 10.9. The van der Waals surface area contributed by atoms with Gasteiger partial charge in [0.25, 0.3) is 5.91 Å². The maximum absolute atomic E-state index is 11.9. The fourth-order valence-electron chi connectivity index (χ4n) is 1.87. The Labute approximate surface area is 103 Å². The molecule has 0 radical (unpaired) electrons. The molecule has 0 atom stereocenters. The highest BCUT2D eigenvalue weighted by molar-refractivity contribution is 5.94. The molecule has 1 aromatic rings. The third-order valence-corrected chi connectivity index (χ3v) is 2.80. The SMILES string of the molecule is CCCC(C)(C)CNC(=O)c1cccc(N)c1. The summed E-state index contributed by atoms with van der Waals surface area (Å²) in [5.41, 5.74) is 7.03. The number of carbonyl (C=O) groups excluding carboxylic acids is 1. The van der Waals surface area contributed by atoms with Crippen LogP contribution in [0.15, 0.2) is 24.3 Å². The van der Waals surface area contributed by atoms with E-state index < -0.39 is 0 Å². The van der Waals surface area contributed by atoms with Crippen LogP contribution in [0, 0.1) is 5.41 Å². The molecule has 0 aliphatic rings. The first-order valence-corrected chi connectivity index (χ1v) is 6.08. The van der Waals surface area contributed by atoms with E-state index in [-0.39, 0.29) is 11.3 Å². The van der Waals surface area contributed by atoms with E-state index in [9.17, 15) is 4.79 Å². The number of amides is 1. The number of carbonyl (C=O) groups is 1. The molecule has 0 bridgehead atoms. The van der Waals surface area contributed by atoms with Gasteiger partial charge >= 0.3 is 0 Å². The Kier molecular flexibility index (Phi) is 4.55. The molecule has 0 heterocycles. The van der Waals surface area contributed by atoms with Gasteiger partial charge in [0.2, 0.25) is 0 Å². The van der Waals surface area contributed by atoms with E-state index in [0.29, 0.717) is 17.8 Å². The third kappa shape index (κ3) is 4.47. The van der Waals surface area contributed by atoms with E-state index in [4.69, 9.17) is 5.73 Å². The molecule has 1 rings (SSSR count). The van der Waals surface area contributed by atoms with Gasteiger partial charge in [-0.25, -0.2) is 0 Å². The molecule has 94 valence electrons. The Morgan fingerprint density at radius 1 is 1.41 bits per heavy atom. The predicted molar refractivity (Wildman–Crippen MR) is 71.9 cm³/mol. The summed E-state index contributed by atoms with van der Waals surface area (Å²) in [5.74, 6) is -0.0542. The number of nitrogens with one attached hydrogen (secondary N) is 1. The van der Waals surface area contributed by atoms with Gasteiger partial charge in [-0.1, -0.05) is 33.3 Å². The summed E-state index contributed by atoms with van der Waals surface area (Å²) in [6, 6.07) is 7.04. The minimum absolute atomic E-state index is 0.0542. The summed E-state index contributed by atoms with van der Waals surface area (Å²) in [4.78, 5) is 11.9. The van der Waals surface area contributed by atoms with Gasteiger partial charge in [-0.3, -0.25) is 4.79 Å². The van der Waals surface area contributed by atoms with E-state index in [2.05, 4.69) is 26.1 Å². The van der Waals surface area contributed by atoms with Crippen molar-refractivity contribution in [3.63, 3.8) is 0 Å². The van der Waals surface area contributed by atoms with E-state index in [1.165, 1.54) is 0 Å². The molecule has 0 unspecified atom stereocenters. The maximum atomic E-state index is 11.9. The number of hydrogen-bond donors (Lipinski definition) is 2. The molecule has 3 nitrogen and oxygen atoms in total. The minimum atomic E-state index is -0.0542. The second-order valence-electron chi connectivity index (χ2n) is 5.22. The van der Waals surface area contributed by atoms with Crippen LogP contribution in [0.5, 0.6) is 0 Å². The van der Waals surface area contributed by atoms with Crippen molar-refractivity contribution >= 4 is 11.6 Å². The second-order valence-corrected chi connectivity index (χ2v) is 5.22. The molecular formula is C14H22N2O. The zero-order valence-corrected chi connectivity index (χ0v) is 10.9. The Balaban J connectivity index is 2.56. The fourth-order valence-corrected chi connectivity index (χ4v) is 1.87. The van der Waals surface area contributed by atoms with Crippen molar-refractivity contribution in [2.45, 2.75) is 33.6 Å². The minimum Gasteiger partial charge on any atom is -0.399 e. The van der Waals surface area contributed by atoms with Crippen LogP contribution >= 0.6 is 0 Å². The molecule has 1 amide bonds. The highest BCUT2D eigenvalue weighted by atomic mass is 16.1. The van der Waals surface area contributed by atoms with Gasteiger partial charge in [-0.15, -0.1) is 0 Å². The largest absolute Gasteiger partial charge is 0.399 e. The van der Waals surface area contributed by atoms with Gasteiger partial charge in [-0.2, -0.15) is 0 Å². The van der Waals surface area contributed by atoms with Gasteiger partial charge in [-0.05, 0) is 30.0 Å². The lowest BCUT2D eigenvalue weighted by molar-refractivity contribution is 0.0934. The van der Waals surface area contributed by atoms with Crippen LogP contribution in [0.3, 0.4) is 0 Å². The van der Waals surface area contributed by atoms with E-state index in [1.807, 2.05) is 0 Å². The molecule has 0 saturated carbocycles. The molecule has 17 heavy (non-hydrogen) atoms. The van der Waals surface area contributed by atoms with Crippen molar-refractivity contribution in [1.82, 2.24) is 5.32 Å². The van der Waals surface area contributed by atoms with Crippen molar-refractivity contribution < 1.29 is 4.79 Å². The third-order valence-electron chi connectivity index (χ3n) is 2.80. The highest BCUT2D eigenvalue weighted by Crippen LogP contribution is 2.20. The molecule has 0 spiro atoms. The first kappa shape index (κ1) is 13.6. The first-order valence-electron chi connectivity index (χ1n) is 6.08. The van der Waals surface area contributed by atoms with Crippen molar-refractivity contribution in [1.29, 1.82) is 0 Å². The van der Waals surface area contributed by atoms with Crippen LogP contribution in [-0.4, -0.2) is 12.5 Å². The quantitative estimate of drug-likeness (QED) is 0.770. The van der Waals surface area contributed by atoms with Crippen LogP contribution in [0.25, 0.3) is 0 Å². The van der Waals surface area contributed by atoms with Gasteiger partial charge in [0.1, 0.15) is 0 Å². The fraction of sp³-hybridized carbons (Fsp3) is 0.500. The first-order chi connectivity index (χ1) is 7.94. The van der Waals surface area contributed by atoms with Gasteiger partial charge in [0, 0.05) is 17.8 Å². The second kappa shape index (κ2) is 5.71. The van der Waals surface area contributed by atoms with Gasteiger partial charge < -0.3 is 11.1 Å². The summed E-state index contributed by atoms with van der Waals surface area (Å²) in [6.07, 6.45) is 2.23. The van der Waals surface area contributed by atoms with Crippen molar-refractivity contribution in [2.24, 2.45) is 5.41 Å². The number of rotatable bonds is 5.